The van der Waals surface area contributed by atoms with Gasteiger partial charge in [0.15, 0.2) is 10.3 Å². The number of nitrogens with zero attached hydrogens (tertiary/aromatic N) is 2. The van der Waals surface area contributed by atoms with E-state index in [4.69, 9.17) is 9.47 Å². The highest BCUT2D eigenvalue weighted by Gasteiger charge is 2.14. The zero-order valence-electron chi connectivity index (χ0n) is 21.8. The molecule has 5 rings (SSSR count). The number of amides is 2. The third-order valence-electron chi connectivity index (χ3n) is 5.76. The van der Waals surface area contributed by atoms with Crippen molar-refractivity contribution < 1.29 is 29.0 Å². The second-order valence-corrected chi connectivity index (χ2v) is 10.6. The number of carboxylic acid groups (broad SMARTS) is 1. The van der Waals surface area contributed by atoms with E-state index < -0.39 is 5.97 Å². The Morgan fingerprint density at radius 2 is 1.22 bits per heavy atom. The fourth-order valence-corrected chi connectivity index (χ4v) is 5.25. The lowest BCUT2D eigenvalue weighted by Gasteiger charge is -2.10. The number of carboxylic acids is 1. The molecule has 5 N–H and O–H groups in total. The van der Waals surface area contributed by atoms with E-state index in [0.717, 1.165) is 22.1 Å². The molecular weight excluding hydrogens is 568 g/mol. The van der Waals surface area contributed by atoms with E-state index in [9.17, 15) is 19.5 Å². The van der Waals surface area contributed by atoms with Crippen molar-refractivity contribution in [2.45, 2.75) is 10.3 Å². The highest BCUT2D eigenvalue weighted by molar-refractivity contribution is 8.00. The van der Waals surface area contributed by atoms with Crippen LogP contribution in [-0.2, 0) is 9.59 Å². The number of carbonyl (C=O) groups excluding carboxylic acids is 2. The zero-order valence-corrected chi connectivity index (χ0v) is 23.4. The van der Waals surface area contributed by atoms with Gasteiger partial charge < -0.3 is 35.2 Å². The minimum Gasteiger partial charge on any atom is -0.497 e. The predicted octanol–water partition coefficient (Wildman–Crippen LogP) is 4.62. The summed E-state index contributed by atoms with van der Waals surface area (Å²) < 4.78 is 10.4. The Morgan fingerprint density at radius 3 is 1.63 bits per heavy atom. The van der Waals surface area contributed by atoms with E-state index >= 15 is 0 Å². The lowest BCUT2D eigenvalue weighted by molar-refractivity contribution is -0.114. The lowest BCUT2D eigenvalue weighted by atomic mass is 10.1. The predicted molar refractivity (Wildman–Crippen MR) is 157 cm³/mol. The molecule has 0 saturated heterocycles. The number of thioether (sulfide) groups is 2. The summed E-state index contributed by atoms with van der Waals surface area (Å²) in [5.41, 5.74) is 3.42. The van der Waals surface area contributed by atoms with Gasteiger partial charge in [-0.1, -0.05) is 23.5 Å². The number of nitrogens with one attached hydrogen (secondary N) is 4. The first-order valence-electron chi connectivity index (χ1n) is 12.1. The third-order valence-corrected chi connectivity index (χ3v) is 7.51. The monoisotopic (exact) mass is 592 g/mol. The number of hydrogen-bond acceptors (Lipinski definition) is 9. The maximum absolute atomic E-state index is 12.6. The molecule has 5 aromatic rings. The second kappa shape index (κ2) is 12.2. The number of carbonyl (C=O) groups is 3. The number of rotatable bonds is 11. The van der Waals surface area contributed by atoms with Crippen molar-refractivity contribution in [3.05, 3.63) is 60.2 Å². The molecule has 0 fully saturated rings. The van der Waals surface area contributed by atoms with E-state index in [1.54, 1.807) is 26.4 Å². The Bertz CT molecular complexity index is 1650. The number of H-pyrrole nitrogens is 2. The van der Waals surface area contributed by atoms with Crippen LogP contribution in [0, 0.1) is 0 Å². The van der Waals surface area contributed by atoms with Gasteiger partial charge in [0, 0.05) is 23.5 Å². The molecule has 0 unspecified atom stereocenters. The number of ether oxygens (including phenoxy) is 2. The third kappa shape index (κ3) is 6.91. The second-order valence-electron chi connectivity index (χ2n) is 8.63. The Hall–Kier alpha value is -4.69. The number of aromatic amines is 2. The zero-order chi connectivity index (χ0) is 28.9. The Labute approximate surface area is 241 Å². The highest BCUT2D eigenvalue weighted by atomic mass is 32.2. The highest BCUT2D eigenvalue weighted by Crippen LogP contribution is 2.26. The van der Waals surface area contributed by atoms with Crippen LogP contribution in [0.3, 0.4) is 0 Å². The number of imidazole rings is 2. The van der Waals surface area contributed by atoms with Crippen LogP contribution in [0.4, 0.5) is 11.4 Å². The van der Waals surface area contributed by atoms with Crippen molar-refractivity contribution in [1.29, 1.82) is 0 Å². The molecule has 0 radical (unpaired) electrons. The molecule has 0 saturated carbocycles. The summed E-state index contributed by atoms with van der Waals surface area (Å²) in [6.45, 7) is 0. The number of aromatic nitrogens is 4. The molecule has 0 spiro atoms. The first-order valence-corrected chi connectivity index (χ1v) is 14.1. The summed E-state index contributed by atoms with van der Waals surface area (Å²) in [6.07, 6.45) is 0. The topological polar surface area (TPSA) is 171 Å². The van der Waals surface area contributed by atoms with Gasteiger partial charge in [0.2, 0.25) is 11.8 Å². The molecular formula is C27H24N6O6S2. The van der Waals surface area contributed by atoms with Gasteiger partial charge in [-0.15, -0.1) is 0 Å². The smallest absolute Gasteiger partial charge is 0.335 e. The molecule has 0 aliphatic carbocycles. The fraction of sp³-hybridized carbons (Fsp3) is 0.148. The quantitative estimate of drug-likeness (QED) is 0.136. The number of aromatic carboxylic acids is 1. The van der Waals surface area contributed by atoms with Crippen LogP contribution in [0.15, 0.2) is 64.9 Å². The van der Waals surface area contributed by atoms with Crippen LogP contribution in [0.1, 0.15) is 10.4 Å². The summed E-state index contributed by atoms with van der Waals surface area (Å²) in [5, 5.41) is 16.0. The molecule has 0 bridgehead atoms. The number of methoxy groups -OCH3 is 2. The minimum atomic E-state index is -1.20. The van der Waals surface area contributed by atoms with Crippen LogP contribution >= 0.6 is 23.5 Å². The first kappa shape index (κ1) is 27.9. The summed E-state index contributed by atoms with van der Waals surface area (Å²) in [4.78, 5) is 52.1. The molecule has 2 aromatic heterocycles. The van der Waals surface area contributed by atoms with Crippen molar-refractivity contribution in [1.82, 2.24) is 19.9 Å². The lowest BCUT2D eigenvalue weighted by Crippen LogP contribution is -2.17. The van der Waals surface area contributed by atoms with Crippen molar-refractivity contribution in [2.75, 3.05) is 36.4 Å². The average molecular weight is 593 g/mol. The summed E-state index contributed by atoms with van der Waals surface area (Å²) in [7, 11) is 3.15. The Kier molecular flexibility index (Phi) is 8.31. The summed E-state index contributed by atoms with van der Waals surface area (Å²) in [6, 6.07) is 15.0. The van der Waals surface area contributed by atoms with Gasteiger partial charge >= 0.3 is 5.97 Å². The average Bonchev–Trinajstić information content (AvgIpc) is 3.57. The normalized spacial score (nSPS) is 11.0. The van der Waals surface area contributed by atoms with Gasteiger partial charge in [-0.3, -0.25) is 9.59 Å². The van der Waals surface area contributed by atoms with Gasteiger partial charge in [-0.25, -0.2) is 14.8 Å². The summed E-state index contributed by atoms with van der Waals surface area (Å²) in [5.74, 6) is -0.520. The molecule has 210 valence electrons. The van der Waals surface area contributed by atoms with Gasteiger partial charge in [-0.2, -0.15) is 0 Å². The van der Waals surface area contributed by atoms with Crippen LogP contribution in [0.5, 0.6) is 11.5 Å². The van der Waals surface area contributed by atoms with Crippen LogP contribution in [-0.4, -0.2) is 68.6 Å². The minimum absolute atomic E-state index is 0.0238. The Balaban J connectivity index is 1.20. The molecule has 0 aliphatic heterocycles. The van der Waals surface area contributed by atoms with Crippen LogP contribution in [0.2, 0.25) is 0 Å². The van der Waals surface area contributed by atoms with E-state index in [0.29, 0.717) is 21.8 Å². The fourth-order valence-electron chi connectivity index (χ4n) is 3.88. The van der Waals surface area contributed by atoms with Crippen LogP contribution in [0.25, 0.3) is 22.1 Å². The maximum atomic E-state index is 12.6. The van der Waals surface area contributed by atoms with E-state index in [1.165, 1.54) is 41.7 Å². The standard InChI is InChI=1S/C27H24N6O6S2/c1-38-17-3-5-19-21(10-17)32-26(30-19)40-12-23(34)28-15-7-14(25(36)37)8-16(9-15)29-24(35)13-41-27-31-20-6-4-18(39-2)11-22(20)33-27/h3-11H,12-13H2,1-2H3,(H,28,34)(H,29,35)(H,30,32)(H,31,33)(H,36,37). The Morgan fingerprint density at radius 1 is 0.756 bits per heavy atom. The van der Waals surface area contributed by atoms with Crippen molar-refractivity contribution in [3.63, 3.8) is 0 Å². The molecule has 3 aromatic carbocycles. The van der Waals surface area contributed by atoms with Gasteiger partial charge in [0.1, 0.15) is 11.5 Å². The van der Waals surface area contributed by atoms with Gasteiger partial charge in [0.25, 0.3) is 0 Å². The van der Waals surface area contributed by atoms with E-state index in [-0.39, 0.29) is 40.3 Å². The number of anilines is 2. The number of benzene rings is 3. The molecule has 14 heteroatoms. The largest absolute Gasteiger partial charge is 0.497 e. The SMILES string of the molecule is COc1ccc2nc(SCC(=O)Nc3cc(NC(=O)CSc4nc5ccc(OC)cc5[nH]4)cc(C(=O)O)c3)[nH]c2c1. The van der Waals surface area contributed by atoms with Crippen molar-refractivity contribution in [2.24, 2.45) is 0 Å². The van der Waals surface area contributed by atoms with Gasteiger partial charge in [0.05, 0.1) is 53.4 Å². The first-order chi connectivity index (χ1) is 19.8. The molecule has 2 amide bonds. The molecule has 12 nitrogen and oxygen atoms in total. The molecule has 0 atom stereocenters. The molecule has 0 aliphatic rings. The molecule has 2 heterocycles. The maximum Gasteiger partial charge on any atom is 0.335 e. The van der Waals surface area contributed by atoms with E-state index in [1.807, 2.05) is 24.3 Å². The summed E-state index contributed by atoms with van der Waals surface area (Å²) >= 11 is 2.39. The van der Waals surface area contributed by atoms with Crippen molar-refractivity contribution in [3.8, 4) is 11.5 Å². The van der Waals surface area contributed by atoms with E-state index in [2.05, 4.69) is 30.6 Å². The number of hydrogen-bond donors (Lipinski definition) is 5. The molecule has 41 heavy (non-hydrogen) atoms. The van der Waals surface area contributed by atoms with Crippen LogP contribution < -0.4 is 20.1 Å². The number of fused-ring (bicyclic) bond motifs is 2. The van der Waals surface area contributed by atoms with Gasteiger partial charge in [-0.05, 0) is 42.5 Å². The van der Waals surface area contributed by atoms with Crippen molar-refractivity contribution >= 4 is 74.7 Å².